The van der Waals surface area contributed by atoms with Gasteiger partial charge >= 0.3 is 0 Å². The van der Waals surface area contributed by atoms with Gasteiger partial charge in [0.05, 0.1) is 13.2 Å². The molecular formula is C17H22FNO2. The van der Waals surface area contributed by atoms with Crippen LogP contribution in [0, 0.1) is 18.7 Å². The molecule has 2 aliphatic heterocycles. The third-order valence-corrected chi connectivity index (χ3v) is 4.98. The maximum Gasteiger partial charge on any atom is 0.140 e. The predicted octanol–water partition coefficient (Wildman–Crippen LogP) is 2.35. The minimum Gasteiger partial charge on any atom is -0.378 e. The van der Waals surface area contributed by atoms with Crippen LogP contribution in [0.1, 0.15) is 24.0 Å². The van der Waals surface area contributed by atoms with Crippen LogP contribution in [0.15, 0.2) is 18.2 Å². The van der Waals surface area contributed by atoms with Crippen LogP contribution in [-0.2, 0) is 16.0 Å². The number of aryl methyl sites for hydroxylation is 1. The molecule has 2 aliphatic rings. The van der Waals surface area contributed by atoms with Gasteiger partial charge in [-0.25, -0.2) is 4.39 Å². The van der Waals surface area contributed by atoms with Crippen molar-refractivity contribution in [3.63, 3.8) is 0 Å². The molecule has 0 aliphatic carbocycles. The lowest BCUT2D eigenvalue weighted by molar-refractivity contribution is -0.130. The van der Waals surface area contributed by atoms with E-state index in [0.717, 1.165) is 12.8 Å². The third-order valence-electron chi connectivity index (χ3n) is 4.98. The Balaban J connectivity index is 1.70. The standard InChI is InChI=1S/C17H22FNO2/c1-11-4-3-5-12(17(11)18)8-16(20)13-6-14-9-21-10-15(7-13)19(14)2/h3-5,13-15H,6-10H2,1-2H3. The van der Waals surface area contributed by atoms with E-state index in [1.54, 1.807) is 19.1 Å². The Labute approximate surface area is 125 Å². The highest BCUT2D eigenvalue weighted by Gasteiger charge is 2.39. The van der Waals surface area contributed by atoms with Crippen LogP contribution >= 0.6 is 0 Å². The summed E-state index contributed by atoms with van der Waals surface area (Å²) in [5.41, 5.74) is 1.13. The highest BCUT2D eigenvalue weighted by Crippen LogP contribution is 2.31. The van der Waals surface area contributed by atoms with Gasteiger partial charge in [-0.05, 0) is 37.9 Å². The van der Waals surface area contributed by atoms with E-state index in [9.17, 15) is 9.18 Å². The van der Waals surface area contributed by atoms with Gasteiger partial charge in [0, 0.05) is 24.4 Å². The summed E-state index contributed by atoms with van der Waals surface area (Å²) in [6.45, 7) is 3.14. The number of carbonyl (C=O) groups is 1. The molecule has 0 aromatic heterocycles. The summed E-state index contributed by atoms with van der Waals surface area (Å²) >= 11 is 0. The monoisotopic (exact) mass is 291 g/mol. The Morgan fingerprint density at radius 1 is 1.33 bits per heavy atom. The number of hydrogen-bond donors (Lipinski definition) is 0. The van der Waals surface area contributed by atoms with Crippen molar-refractivity contribution in [3.8, 4) is 0 Å². The van der Waals surface area contributed by atoms with Crippen molar-refractivity contribution in [1.29, 1.82) is 0 Å². The van der Waals surface area contributed by atoms with Crippen LogP contribution in [-0.4, -0.2) is 43.0 Å². The predicted molar refractivity (Wildman–Crippen MR) is 78.7 cm³/mol. The lowest BCUT2D eigenvalue weighted by Crippen LogP contribution is -2.56. The molecule has 114 valence electrons. The molecule has 2 atom stereocenters. The fraction of sp³-hybridized carbons (Fsp3) is 0.588. The van der Waals surface area contributed by atoms with Gasteiger partial charge in [-0.1, -0.05) is 18.2 Å². The molecule has 0 radical (unpaired) electrons. The third kappa shape index (κ3) is 2.87. The molecule has 1 aromatic rings. The number of ketones is 1. The summed E-state index contributed by atoms with van der Waals surface area (Å²) in [6.07, 6.45) is 1.88. The molecule has 2 fully saturated rings. The Morgan fingerprint density at radius 3 is 2.67 bits per heavy atom. The highest BCUT2D eigenvalue weighted by molar-refractivity contribution is 5.83. The quantitative estimate of drug-likeness (QED) is 0.856. The molecule has 2 bridgehead atoms. The van der Waals surface area contributed by atoms with E-state index in [4.69, 9.17) is 4.74 Å². The lowest BCUT2D eigenvalue weighted by Gasteiger charge is -2.46. The molecule has 0 amide bonds. The Hall–Kier alpha value is -1.26. The second-order valence-electron chi connectivity index (χ2n) is 6.37. The average molecular weight is 291 g/mol. The molecule has 0 spiro atoms. The van der Waals surface area contributed by atoms with Gasteiger partial charge < -0.3 is 4.74 Å². The number of hydrogen-bond acceptors (Lipinski definition) is 3. The molecule has 21 heavy (non-hydrogen) atoms. The van der Waals surface area contributed by atoms with Crippen molar-refractivity contribution in [3.05, 3.63) is 35.1 Å². The fourth-order valence-corrected chi connectivity index (χ4v) is 3.53. The molecule has 0 N–H and O–H groups in total. The number of nitrogens with zero attached hydrogens (tertiary/aromatic N) is 1. The van der Waals surface area contributed by atoms with E-state index >= 15 is 0 Å². The van der Waals surface area contributed by atoms with Crippen LogP contribution < -0.4 is 0 Å². The van der Waals surface area contributed by atoms with E-state index in [1.165, 1.54) is 0 Å². The van der Waals surface area contributed by atoms with E-state index < -0.39 is 0 Å². The van der Waals surface area contributed by atoms with Gasteiger partial charge in [0.25, 0.3) is 0 Å². The van der Waals surface area contributed by atoms with E-state index in [-0.39, 0.29) is 23.9 Å². The molecule has 3 nitrogen and oxygen atoms in total. The van der Waals surface area contributed by atoms with E-state index in [1.807, 2.05) is 6.07 Å². The number of halogens is 1. The number of fused-ring (bicyclic) bond motifs is 2. The number of morpholine rings is 1. The second-order valence-corrected chi connectivity index (χ2v) is 6.37. The van der Waals surface area contributed by atoms with Crippen molar-refractivity contribution in [2.24, 2.45) is 5.92 Å². The number of piperidine rings is 1. The topological polar surface area (TPSA) is 29.5 Å². The van der Waals surface area contributed by atoms with Crippen molar-refractivity contribution in [2.75, 3.05) is 20.3 Å². The van der Waals surface area contributed by atoms with Crippen molar-refractivity contribution < 1.29 is 13.9 Å². The Bertz CT molecular complexity index is 532. The van der Waals surface area contributed by atoms with Gasteiger partial charge in [0.2, 0.25) is 0 Å². The van der Waals surface area contributed by atoms with Gasteiger partial charge in [0.15, 0.2) is 0 Å². The van der Waals surface area contributed by atoms with Gasteiger partial charge in [0.1, 0.15) is 11.6 Å². The molecule has 2 unspecified atom stereocenters. The molecule has 1 aromatic carbocycles. The van der Waals surface area contributed by atoms with Crippen molar-refractivity contribution in [1.82, 2.24) is 4.90 Å². The van der Waals surface area contributed by atoms with Gasteiger partial charge in [-0.3, -0.25) is 9.69 Å². The SMILES string of the molecule is Cc1cccc(CC(=O)C2CC3COCC(C2)N3C)c1F. The molecule has 2 heterocycles. The minimum atomic E-state index is -0.234. The highest BCUT2D eigenvalue weighted by atomic mass is 19.1. The van der Waals surface area contributed by atoms with Gasteiger partial charge in [-0.15, -0.1) is 0 Å². The zero-order valence-corrected chi connectivity index (χ0v) is 12.6. The molecule has 2 saturated heterocycles. The lowest BCUT2D eigenvalue weighted by atomic mass is 9.81. The maximum absolute atomic E-state index is 14.0. The first-order valence-corrected chi connectivity index (χ1v) is 7.62. The molecular weight excluding hydrogens is 269 g/mol. The van der Waals surface area contributed by atoms with Crippen molar-refractivity contribution in [2.45, 2.75) is 38.3 Å². The Kier molecular flexibility index (Phi) is 4.09. The molecule has 0 saturated carbocycles. The van der Waals surface area contributed by atoms with Crippen molar-refractivity contribution >= 4 is 5.78 Å². The summed E-state index contributed by atoms with van der Waals surface area (Å²) in [5.74, 6) is -0.0215. The van der Waals surface area contributed by atoms with E-state index in [0.29, 0.717) is 36.4 Å². The number of carbonyl (C=O) groups excluding carboxylic acids is 1. The van der Waals surface area contributed by atoms with Crippen LogP contribution in [0.25, 0.3) is 0 Å². The number of rotatable bonds is 3. The van der Waals surface area contributed by atoms with Crippen LogP contribution in [0.4, 0.5) is 4.39 Å². The molecule has 3 rings (SSSR count). The number of Topliss-reactive ketones (excluding diaryl/α,β-unsaturated/α-hetero) is 1. The average Bonchev–Trinajstić information content (AvgIpc) is 2.43. The van der Waals surface area contributed by atoms with Crippen LogP contribution in [0.5, 0.6) is 0 Å². The second kappa shape index (κ2) is 5.85. The normalized spacial score (nSPS) is 29.4. The minimum absolute atomic E-state index is 0.0417. The van der Waals surface area contributed by atoms with Crippen LogP contribution in [0.2, 0.25) is 0 Å². The smallest absolute Gasteiger partial charge is 0.140 e. The number of ether oxygens (including phenoxy) is 1. The fourth-order valence-electron chi connectivity index (χ4n) is 3.53. The first kappa shape index (κ1) is 14.7. The summed E-state index contributed by atoms with van der Waals surface area (Å²) in [6, 6.07) is 5.93. The largest absolute Gasteiger partial charge is 0.378 e. The summed E-state index contributed by atoms with van der Waals surface area (Å²) in [4.78, 5) is 14.9. The zero-order chi connectivity index (χ0) is 15.0. The summed E-state index contributed by atoms with van der Waals surface area (Å²) < 4.78 is 19.6. The number of benzene rings is 1. The first-order valence-electron chi connectivity index (χ1n) is 7.62. The van der Waals surface area contributed by atoms with Crippen LogP contribution in [0.3, 0.4) is 0 Å². The Morgan fingerprint density at radius 2 is 2.00 bits per heavy atom. The summed E-state index contributed by atoms with van der Waals surface area (Å²) in [5, 5.41) is 0. The first-order chi connectivity index (χ1) is 10.1. The maximum atomic E-state index is 14.0. The zero-order valence-electron chi connectivity index (χ0n) is 12.6. The summed E-state index contributed by atoms with van der Waals surface area (Å²) in [7, 11) is 2.11. The van der Waals surface area contributed by atoms with Gasteiger partial charge in [-0.2, -0.15) is 0 Å². The van der Waals surface area contributed by atoms with E-state index in [2.05, 4.69) is 11.9 Å². The number of likely N-dealkylation sites (N-methyl/N-ethyl adjacent to an activating group) is 1. The molecule has 4 heteroatoms.